The van der Waals surface area contributed by atoms with Crippen molar-refractivity contribution >= 4 is 16.9 Å². The summed E-state index contributed by atoms with van der Waals surface area (Å²) in [5.41, 5.74) is 4.57. The van der Waals surface area contributed by atoms with E-state index in [9.17, 15) is 9.90 Å². The van der Waals surface area contributed by atoms with Gasteiger partial charge in [0.2, 0.25) is 0 Å². The highest BCUT2D eigenvalue weighted by molar-refractivity contribution is 5.96. The molecule has 0 fully saturated rings. The quantitative estimate of drug-likeness (QED) is 0.743. The fourth-order valence-electron chi connectivity index (χ4n) is 2.94. The van der Waals surface area contributed by atoms with Crippen LogP contribution in [0.1, 0.15) is 18.1 Å². The van der Waals surface area contributed by atoms with E-state index in [0.717, 1.165) is 39.0 Å². The zero-order valence-electron chi connectivity index (χ0n) is 13.2. The molecule has 0 spiro atoms. The minimum atomic E-state index is -0.845. The Balaban J connectivity index is 2.28. The summed E-state index contributed by atoms with van der Waals surface area (Å²) < 4.78 is 5.71. The Morgan fingerprint density at radius 2 is 1.96 bits per heavy atom. The summed E-state index contributed by atoms with van der Waals surface area (Å²) in [7, 11) is 0. The van der Waals surface area contributed by atoms with Crippen LogP contribution in [0.4, 0.5) is 0 Å². The van der Waals surface area contributed by atoms with Crippen LogP contribution < -0.4 is 4.74 Å². The van der Waals surface area contributed by atoms with Crippen LogP contribution in [0.15, 0.2) is 42.5 Å². The van der Waals surface area contributed by atoms with E-state index >= 15 is 0 Å². The summed E-state index contributed by atoms with van der Waals surface area (Å²) in [6, 6.07) is 13.6. The minimum absolute atomic E-state index is 0.0285. The second-order valence-electron chi connectivity index (χ2n) is 5.48. The van der Waals surface area contributed by atoms with Gasteiger partial charge in [-0.05, 0) is 37.1 Å². The molecular formula is C19H19NO3. The molecular weight excluding hydrogens is 290 g/mol. The van der Waals surface area contributed by atoms with Gasteiger partial charge >= 0.3 is 5.97 Å². The number of aryl methyl sites for hydroxylation is 1. The van der Waals surface area contributed by atoms with Gasteiger partial charge < -0.3 is 14.8 Å². The maximum atomic E-state index is 11.3. The molecule has 23 heavy (non-hydrogen) atoms. The summed E-state index contributed by atoms with van der Waals surface area (Å²) in [5.74, 6) is -0.0894. The molecule has 1 aromatic heterocycles. The summed E-state index contributed by atoms with van der Waals surface area (Å²) in [5, 5.41) is 10.3. The first kappa shape index (κ1) is 15.2. The number of para-hydroxylation sites is 2. The number of carboxylic acids is 1. The minimum Gasteiger partial charge on any atom is -0.493 e. The number of benzene rings is 2. The van der Waals surface area contributed by atoms with E-state index in [1.807, 2.05) is 56.3 Å². The molecule has 2 aromatic carbocycles. The van der Waals surface area contributed by atoms with E-state index in [1.54, 1.807) is 0 Å². The lowest BCUT2D eigenvalue weighted by atomic mass is 10.0. The van der Waals surface area contributed by atoms with E-state index < -0.39 is 5.97 Å². The fourth-order valence-corrected chi connectivity index (χ4v) is 2.94. The molecule has 0 atom stereocenters. The average Bonchev–Trinajstić information content (AvgIpc) is 2.88. The van der Waals surface area contributed by atoms with Crippen LogP contribution in [-0.2, 0) is 11.2 Å². The van der Waals surface area contributed by atoms with Crippen LogP contribution >= 0.6 is 0 Å². The number of rotatable bonds is 5. The number of nitrogens with one attached hydrogen (secondary N) is 1. The maximum Gasteiger partial charge on any atom is 0.307 e. The van der Waals surface area contributed by atoms with Gasteiger partial charge in [-0.1, -0.05) is 30.3 Å². The molecule has 0 bridgehead atoms. The predicted octanol–water partition coefficient (Wildman–Crippen LogP) is 4.17. The topological polar surface area (TPSA) is 62.3 Å². The Morgan fingerprint density at radius 3 is 2.70 bits per heavy atom. The van der Waals surface area contributed by atoms with Crippen molar-refractivity contribution in [2.75, 3.05) is 6.61 Å². The lowest BCUT2D eigenvalue weighted by molar-refractivity contribution is -0.136. The molecule has 1 heterocycles. The van der Waals surface area contributed by atoms with E-state index in [2.05, 4.69) is 4.98 Å². The molecule has 3 aromatic rings. The lowest BCUT2D eigenvalue weighted by Gasteiger charge is -2.10. The van der Waals surface area contributed by atoms with Crippen molar-refractivity contribution in [2.24, 2.45) is 0 Å². The largest absolute Gasteiger partial charge is 0.493 e. The molecule has 118 valence electrons. The van der Waals surface area contributed by atoms with E-state index in [-0.39, 0.29) is 6.42 Å². The second kappa shape index (κ2) is 6.16. The molecule has 0 amide bonds. The summed E-state index contributed by atoms with van der Waals surface area (Å²) >= 11 is 0. The smallest absolute Gasteiger partial charge is 0.307 e. The number of ether oxygens (including phenoxy) is 1. The molecule has 0 saturated carbocycles. The van der Waals surface area contributed by atoms with Crippen molar-refractivity contribution in [3.63, 3.8) is 0 Å². The highest BCUT2D eigenvalue weighted by Gasteiger charge is 2.19. The Kier molecular flexibility index (Phi) is 4.06. The van der Waals surface area contributed by atoms with Crippen molar-refractivity contribution in [1.29, 1.82) is 0 Å². The van der Waals surface area contributed by atoms with Gasteiger partial charge in [0.25, 0.3) is 0 Å². The molecule has 4 heteroatoms. The normalized spacial score (nSPS) is 10.9. The van der Waals surface area contributed by atoms with E-state index in [4.69, 9.17) is 4.74 Å². The van der Waals surface area contributed by atoms with Gasteiger partial charge in [0.05, 0.1) is 18.7 Å². The summed E-state index contributed by atoms with van der Waals surface area (Å²) in [6.45, 7) is 4.51. The fraction of sp³-hybridized carbons (Fsp3) is 0.211. The van der Waals surface area contributed by atoms with Gasteiger partial charge in [-0.2, -0.15) is 0 Å². The first-order chi connectivity index (χ1) is 11.1. The van der Waals surface area contributed by atoms with E-state index in [0.29, 0.717) is 6.61 Å². The number of aromatic nitrogens is 1. The van der Waals surface area contributed by atoms with Crippen LogP contribution in [-0.4, -0.2) is 22.7 Å². The first-order valence-corrected chi connectivity index (χ1v) is 7.66. The Bertz CT molecular complexity index is 864. The third kappa shape index (κ3) is 2.80. The lowest BCUT2D eigenvalue weighted by Crippen LogP contribution is -2.02. The third-order valence-corrected chi connectivity index (χ3v) is 3.93. The van der Waals surface area contributed by atoms with E-state index in [1.165, 1.54) is 0 Å². The average molecular weight is 309 g/mol. The van der Waals surface area contributed by atoms with Gasteiger partial charge in [-0.15, -0.1) is 0 Å². The molecule has 2 N–H and O–H groups in total. The number of carboxylic acid groups (broad SMARTS) is 1. The van der Waals surface area contributed by atoms with Crippen molar-refractivity contribution in [3.8, 4) is 17.0 Å². The zero-order valence-corrected chi connectivity index (χ0v) is 13.2. The second-order valence-corrected chi connectivity index (χ2v) is 5.48. The monoisotopic (exact) mass is 309 g/mol. The highest BCUT2D eigenvalue weighted by Crippen LogP contribution is 2.36. The number of hydrogen-bond donors (Lipinski definition) is 2. The first-order valence-electron chi connectivity index (χ1n) is 7.66. The van der Waals surface area contributed by atoms with Crippen molar-refractivity contribution in [3.05, 3.63) is 53.6 Å². The van der Waals surface area contributed by atoms with Crippen molar-refractivity contribution in [2.45, 2.75) is 20.3 Å². The molecule has 0 aliphatic heterocycles. The van der Waals surface area contributed by atoms with Crippen LogP contribution in [0, 0.1) is 6.92 Å². The number of carbonyl (C=O) groups is 1. The third-order valence-electron chi connectivity index (χ3n) is 3.93. The summed E-state index contributed by atoms with van der Waals surface area (Å²) in [6.07, 6.45) is -0.0285. The number of fused-ring (bicyclic) bond motifs is 1. The Morgan fingerprint density at radius 1 is 1.17 bits per heavy atom. The zero-order chi connectivity index (χ0) is 16.4. The van der Waals surface area contributed by atoms with Gasteiger partial charge in [-0.3, -0.25) is 4.79 Å². The van der Waals surface area contributed by atoms with Gasteiger partial charge in [0.1, 0.15) is 5.75 Å². The number of hydrogen-bond acceptors (Lipinski definition) is 2. The molecule has 0 unspecified atom stereocenters. The number of aromatic amines is 1. The van der Waals surface area contributed by atoms with Crippen LogP contribution in [0.3, 0.4) is 0 Å². The molecule has 0 aliphatic carbocycles. The van der Waals surface area contributed by atoms with Crippen LogP contribution in [0.5, 0.6) is 5.75 Å². The standard InChI is InChI=1S/C19H19NO3/c1-3-23-16-10-5-4-8-14(16)19-15(11-17(21)22)13-9-6-7-12(2)18(13)20-19/h4-10,20H,3,11H2,1-2H3,(H,21,22). The van der Waals surface area contributed by atoms with Gasteiger partial charge in [0, 0.05) is 16.5 Å². The number of H-pyrrole nitrogens is 1. The Labute approximate surface area is 134 Å². The molecule has 4 nitrogen and oxygen atoms in total. The van der Waals surface area contributed by atoms with Crippen LogP contribution in [0.25, 0.3) is 22.2 Å². The molecule has 0 saturated heterocycles. The SMILES string of the molecule is CCOc1ccccc1-c1[nH]c2c(C)cccc2c1CC(=O)O. The molecule has 3 rings (SSSR count). The highest BCUT2D eigenvalue weighted by atomic mass is 16.5. The number of aliphatic carboxylic acids is 1. The molecule has 0 radical (unpaired) electrons. The summed E-state index contributed by atoms with van der Waals surface area (Å²) in [4.78, 5) is 14.8. The van der Waals surface area contributed by atoms with Gasteiger partial charge in [0.15, 0.2) is 0 Å². The predicted molar refractivity (Wildman–Crippen MR) is 91.0 cm³/mol. The van der Waals surface area contributed by atoms with Crippen LogP contribution in [0.2, 0.25) is 0 Å². The van der Waals surface area contributed by atoms with Gasteiger partial charge in [-0.25, -0.2) is 0 Å². The van der Waals surface area contributed by atoms with Crippen molar-refractivity contribution < 1.29 is 14.6 Å². The Hall–Kier alpha value is -2.75. The maximum absolute atomic E-state index is 11.3. The van der Waals surface area contributed by atoms with Crippen molar-refractivity contribution in [1.82, 2.24) is 4.98 Å². The molecule has 0 aliphatic rings.